The molecule has 1 N–H and O–H groups in total. The van der Waals surface area contributed by atoms with Crippen LogP contribution in [0.15, 0.2) is 18.2 Å². The van der Waals surface area contributed by atoms with Crippen LogP contribution in [0.4, 0.5) is 19.3 Å². The molecular weight excluding hydrogens is 326 g/mol. The number of halogens is 2. The number of hydrogen-bond acceptors (Lipinski definition) is 3. The molecule has 2 fully saturated rings. The molecule has 2 saturated heterocycles. The van der Waals surface area contributed by atoms with E-state index in [4.69, 9.17) is 0 Å². The summed E-state index contributed by atoms with van der Waals surface area (Å²) in [4.78, 5) is 18.7. The second kappa shape index (κ2) is 8.10. The lowest BCUT2D eigenvalue weighted by Crippen LogP contribution is -2.52. The van der Waals surface area contributed by atoms with Gasteiger partial charge in [-0.2, -0.15) is 0 Å². The second-order valence-corrected chi connectivity index (χ2v) is 7.09. The van der Waals surface area contributed by atoms with Crippen molar-refractivity contribution in [3.63, 3.8) is 0 Å². The van der Waals surface area contributed by atoms with E-state index < -0.39 is 11.6 Å². The fourth-order valence-corrected chi connectivity index (χ4v) is 3.72. The number of anilines is 1. The van der Waals surface area contributed by atoms with Crippen LogP contribution in [0.5, 0.6) is 0 Å². The number of piperidine rings is 1. The number of nitrogens with zero attached hydrogens (tertiary/aromatic N) is 3. The fraction of sp³-hybridized carbons (Fsp3) is 0.611. The van der Waals surface area contributed by atoms with Crippen molar-refractivity contribution in [1.82, 2.24) is 14.7 Å². The molecule has 1 atom stereocenters. The molecule has 2 amide bonds. The highest BCUT2D eigenvalue weighted by molar-refractivity contribution is 5.89. The predicted molar refractivity (Wildman–Crippen MR) is 93.6 cm³/mol. The second-order valence-electron chi connectivity index (χ2n) is 7.09. The van der Waals surface area contributed by atoms with Crippen molar-refractivity contribution < 1.29 is 13.6 Å². The lowest BCUT2D eigenvalue weighted by atomic mass is 9.97. The Morgan fingerprint density at radius 3 is 2.68 bits per heavy atom. The third-order valence-electron chi connectivity index (χ3n) is 5.09. The first kappa shape index (κ1) is 18.1. The third-order valence-corrected chi connectivity index (χ3v) is 5.09. The molecule has 0 bridgehead atoms. The summed E-state index contributed by atoms with van der Waals surface area (Å²) in [5.41, 5.74) is -0.113. The summed E-state index contributed by atoms with van der Waals surface area (Å²) in [5, 5.41) is 2.47. The van der Waals surface area contributed by atoms with Crippen LogP contribution in [0, 0.1) is 17.6 Å². The van der Waals surface area contributed by atoms with Gasteiger partial charge in [0.15, 0.2) is 11.6 Å². The molecular formula is C18H26F2N4O. The monoisotopic (exact) mass is 352 g/mol. The molecule has 0 radical (unpaired) electrons. The largest absolute Gasteiger partial charge is 0.322 e. The Labute approximate surface area is 147 Å². The minimum Gasteiger partial charge on any atom is -0.322 e. The van der Waals surface area contributed by atoms with Gasteiger partial charge < -0.3 is 15.1 Å². The first-order chi connectivity index (χ1) is 12.0. The molecule has 25 heavy (non-hydrogen) atoms. The summed E-state index contributed by atoms with van der Waals surface area (Å²) >= 11 is 0. The van der Waals surface area contributed by atoms with Crippen LogP contribution in [-0.4, -0.2) is 73.6 Å². The standard InChI is InChI=1S/C18H26F2N4O/c1-22-7-3-4-14(12-22)13-23-8-10-24(11-9-23)18(25)21-16-6-2-5-15(19)17(16)20/h2,5-6,14H,3-4,7-13H2,1H3,(H,21,25)/t14-/m1/s1. The maximum absolute atomic E-state index is 13.7. The van der Waals surface area contributed by atoms with Gasteiger partial charge in [-0.1, -0.05) is 6.07 Å². The van der Waals surface area contributed by atoms with Gasteiger partial charge in [0.1, 0.15) is 0 Å². The van der Waals surface area contributed by atoms with Gasteiger partial charge in [0.25, 0.3) is 0 Å². The molecule has 0 spiro atoms. The average molecular weight is 352 g/mol. The molecule has 1 aromatic carbocycles. The number of carbonyl (C=O) groups is 1. The van der Waals surface area contributed by atoms with Crippen LogP contribution in [0.1, 0.15) is 12.8 Å². The maximum atomic E-state index is 13.7. The van der Waals surface area contributed by atoms with E-state index in [9.17, 15) is 13.6 Å². The Kier molecular flexibility index (Phi) is 5.86. The Morgan fingerprint density at radius 2 is 1.96 bits per heavy atom. The third kappa shape index (κ3) is 4.67. The zero-order valence-electron chi connectivity index (χ0n) is 14.7. The lowest BCUT2D eigenvalue weighted by molar-refractivity contribution is 0.109. The number of hydrogen-bond donors (Lipinski definition) is 1. The molecule has 0 aliphatic carbocycles. The number of urea groups is 1. The minimum absolute atomic E-state index is 0.113. The van der Waals surface area contributed by atoms with Crippen molar-refractivity contribution in [2.45, 2.75) is 12.8 Å². The van der Waals surface area contributed by atoms with Crippen molar-refractivity contribution in [1.29, 1.82) is 0 Å². The van der Waals surface area contributed by atoms with Crippen LogP contribution in [0.2, 0.25) is 0 Å². The molecule has 0 aromatic heterocycles. The van der Waals surface area contributed by atoms with Crippen molar-refractivity contribution in [3.05, 3.63) is 29.8 Å². The minimum atomic E-state index is -1.02. The van der Waals surface area contributed by atoms with Gasteiger partial charge in [-0.25, -0.2) is 13.6 Å². The Bertz CT molecular complexity index is 605. The number of piperazine rings is 1. The van der Waals surface area contributed by atoms with Crippen molar-refractivity contribution in [2.24, 2.45) is 5.92 Å². The molecule has 0 unspecified atom stereocenters. The highest BCUT2D eigenvalue weighted by Gasteiger charge is 2.25. The van der Waals surface area contributed by atoms with E-state index in [1.807, 2.05) is 0 Å². The molecule has 7 heteroatoms. The smallest absolute Gasteiger partial charge is 0.322 e. The summed E-state index contributed by atoms with van der Waals surface area (Å²) in [6.07, 6.45) is 2.52. The van der Waals surface area contributed by atoms with Gasteiger partial charge in [0.2, 0.25) is 0 Å². The lowest BCUT2D eigenvalue weighted by Gasteiger charge is -2.38. The predicted octanol–water partition coefficient (Wildman–Crippen LogP) is 2.46. The average Bonchev–Trinajstić information content (AvgIpc) is 2.59. The molecule has 3 rings (SSSR count). The first-order valence-electron chi connectivity index (χ1n) is 8.94. The van der Waals surface area contributed by atoms with E-state index >= 15 is 0 Å². The molecule has 138 valence electrons. The number of nitrogens with one attached hydrogen (secondary N) is 1. The van der Waals surface area contributed by atoms with Gasteiger partial charge in [-0.05, 0) is 44.5 Å². The number of rotatable bonds is 3. The van der Waals surface area contributed by atoms with E-state index in [-0.39, 0.29) is 11.7 Å². The molecule has 2 aliphatic heterocycles. The summed E-state index contributed by atoms with van der Waals surface area (Å²) in [5.74, 6) is -1.28. The number of likely N-dealkylation sites (tertiary alicyclic amines) is 1. The molecule has 2 aliphatic rings. The van der Waals surface area contributed by atoms with Crippen LogP contribution in [-0.2, 0) is 0 Å². The quantitative estimate of drug-likeness (QED) is 0.908. The van der Waals surface area contributed by atoms with E-state index in [0.29, 0.717) is 19.0 Å². The Balaban J connectivity index is 1.47. The van der Waals surface area contributed by atoms with Gasteiger partial charge in [-0.15, -0.1) is 0 Å². The number of carbonyl (C=O) groups excluding carboxylic acids is 1. The summed E-state index contributed by atoms with van der Waals surface area (Å²) < 4.78 is 26.9. The normalized spacial score (nSPS) is 22.8. The molecule has 1 aromatic rings. The Morgan fingerprint density at radius 1 is 1.20 bits per heavy atom. The number of benzene rings is 1. The summed E-state index contributed by atoms with van der Waals surface area (Å²) in [7, 11) is 2.17. The number of amides is 2. The van der Waals surface area contributed by atoms with Crippen LogP contribution < -0.4 is 5.32 Å². The SMILES string of the molecule is CN1CCC[C@@H](CN2CCN(C(=O)Nc3cccc(F)c3F)CC2)C1. The maximum Gasteiger partial charge on any atom is 0.322 e. The van der Waals surface area contributed by atoms with Crippen LogP contribution >= 0.6 is 0 Å². The fourth-order valence-electron chi connectivity index (χ4n) is 3.72. The van der Waals surface area contributed by atoms with Gasteiger partial charge in [0, 0.05) is 39.3 Å². The van der Waals surface area contributed by atoms with Crippen LogP contribution in [0.3, 0.4) is 0 Å². The Hall–Kier alpha value is -1.73. The van der Waals surface area contributed by atoms with Gasteiger partial charge in [-0.3, -0.25) is 4.90 Å². The highest BCUT2D eigenvalue weighted by atomic mass is 19.2. The first-order valence-corrected chi connectivity index (χ1v) is 8.94. The molecule has 5 nitrogen and oxygen atoms in total. The van der Waals surface area contributed by atoms with Crippen LogP contribution in [0.25, 0.3) is 0 Å². The van der Waals surface area contributed by atoms with E-state index in [0.717, 1.165) is 32.2 Å². The molecule has 0 saturated carbocycles. The highest BCUT2D eigenvalue weighted by Crippen LogP contribution is 2.19. The van der Waals surface area contributed by atoms with Crippen molar-refractivity contribution >= 4 is 11.7 Å². The van der Waals surface area contributed by atoms with E-state index in [1.165, 1.54) is 31.5 Å². The summed E-state index contributed by atoms with van der Waals surface area (Å²) in [6.45, 7) is 6.23. The van der Waals surface area contributed by atoms with Gasteiger partial charge >= 0.3 is 6.03 Å². The van der Waals surface area contributed by atoms with Gasteiger partial charge in [0.05, 0.1) is 5.69 Å². The van der Waals surface area contributed by atoms with Crippen molar-refractivity contribution in [3.8, 4) is 0 Å². The van der Waals surface area contributed by atoms with E-state index in [2.05, 4.69) is 22.2 Å². The topological polar surface area (TPSA) is 38.8 Å². The summed E-state index contributed by atoms with van der Waals surface area (Å²) in [6, 6.07) is 3.41. The molecule has 2 heterocycles. The van der Waals surface area contributed by atoms with E-state index in [1.54, 1.807) is 4.90 Å². The zero-order valence-corrected chi connectivity index (χ0v) is 14.7. The zero-order chi connectivity index (χ0) is 17.8. The van der Waals surface area contributed by atoms with Crippen molar-refractivity contribution in [2.75, 3.05) is 58.2 Å².